The molecule has 0 bridgehead atoms. The van der Waals surface area contributed by atoms with Crippen LogP contribution in [0.4, 0.5) is 0 Å². The summed E-state index contributed by atoms with van der Waals surface area (Å²) in [5, 5.41) is 0. The molecule has 5 nitrogen and oxygen atoms in total. The average molecular weight is 243 g/mol. The number of H-pyrrole nitrogens is 1. The summed E-state index contributed by atoms with van der Waals surface area (Å²) < 4.78 is 0. The number of nitrogens with one attached hydrogen (secondary N) is 1. The van der Waals surface area contributed by atoms with Crippen LogP contribution in [-0.2, 0) is 6.54 Å². The van der Waals surface area contributed by atoms with Crippen LogP contribution in [-0.4, -0.2) is 31.4 Å². The highest BCUT2D eigenvalue weighted by Crippen LogP contribution is 2.31. The summed E-state index contributed by atoms with van der Waals surface area (Å²) in [5.41, 5.74) is 3.36. The smallest absolute Gasteiger partial charge is 0.0925 e. The van der Waals surface area contributed by atoms with Gasteiger partial charge in [0, 0.05) is 30.8 Å². The maximum absolute atomic E-state index is 4.43. The van der Waals surface area contributed by atoms with Crippen LogP contribution in [0.15, 0.2) is 24.9 Å². The number of nitrogens with zero attached hydrogens (tertiary/aromatic N) is 4. The zero-order valence-electron chi connectivity index (χ0n) is 10.5. The lowest BCUT2D eigenvalue weighted by atomic mass is 10.1. The van der Waals surface area contributed by atoms with Crippen LogP contribution >= 0.6 is 0 Å². The normalized spacial score (nSPS) is 20.4. The quantitative estimate of drug-likeness (QED) is 0.893. The molecule has 1 atom stereocenters. The Morgan fingerprint density at radius 3 is 3.06 bits per heavy atom. The molecular formula is C13H17N5. The fraction of sp³-hybridized carbons (Fsp3) is 0.462. The van der Waals surface area contributed by atoms with Gasteiger partial charge in [0.05, 0.1) is 23.8 Å². The van der Waals surface area contributed by atoms with Crippen LogP contribution in [0.25, 0.3) is 0 Å². The van der Waals surface area contributed by atoms with E-state index < -0.39 is 0 Å². The lowest BCUT2D eigenvalue weighted by Gasteiger charge is -2.23. The molecule has 0 aromatic carbocycles. The molecule has 5 heteroatoms. The van der Waals surface area contributed by atoms with Gasteiger partial charge in [-0.2, -0.15) is 0 Å². The molecule has 0 unspecified atom stereocenters. The molecule has 2 aromatic rings. The molecule has 0 amide bonds. The van der Waals surface area contributed by atoms with Crippen molar-refractivity contribution >= 4 is 0 Å². The molecule has 3 heterocycles. The number of aryl methyl sites for hydroxylation is 1. The first-order valence-electron chi connectivity index (χ1n) is 6.33. The van der Waals surface area contributed by atoms with Gasteiger partial charge in [0.1, 0.15) is 0 Å². The Morgan fingerprint density at radius 1 is 1.39 bits per heavy atom. The first kappa shape index (κ1) is 11.3. The standard InChI is InChI=1S/C13H17N5/c1-10-12(17-9-16-10)8-18-6-2-3-13(18)11-7-14-4-5-15-11/h4-5,7,9,13H,2-3,6,8H2,1H3,(H,16,17)/t13-/m0/s1. The number of rotatable bonds is 3. The van der Waals surface area contributed by atoms with Crippen molar-refractivity contribution in [3.05, 3.63) is 42.0 Å². The lowest BCUT2D eigenvalue weighted by Crippen LogP contribution is -2.24. The van der Waals surface area contributed by atoms with E-state index in [-0.39, 0.29) is 0 Å². The lowest BCUT2D eigenvalue weighted by molar-refractivity contribution is 0.241. The molecule has 1 saturated heterocycles. The third-order valence-electron chi connectivity index (χ3n) is 3.58. The summed E-state index contributed by atoms with van der Waals surface area (Å²) in [5.74, 6) is 0. The van der Waals surface area contributed by atoms with E-state index in [0.717, 1.165) is 36.6 Å². The number of likely N-dealkylation sites (tertiary alicyclic amines) is 1. The Hall–Kier alpha value is -1.75. The SMILES string of the molecule is Cc1[nH]cnc1CN1CCC[C@H]1c1cnccn1. The van der Waals surface area contributed by atoms with Gasteiger partial charge in [-0.25, -0.2) is 4.98 Å². The summed E-state index contributed by atoms with van der Waals surface area (Å²) in [6, 6.07) is 0.384. The zero-order valence-corrected chi connectivity index (χ0v) is 10.5. The molecule has 18 heavy (non-hydrogen) atoms. The van der Waals surface area contributed by atoms with Gasteiger partial charge < -0.3 is 4.98 Å². The molecule has 1 aliphatic heterocycles. The molecule has 1 fully saturated rings. The first-order chi connectivity index (χ1) is 8.84. The molecule has 0 saturated carbocycles. The summed E-state index contributed by atoms with van der Waals surface area (Å²) in [6.45, 7) is 4.06. The minimum atomic E-state index is 0.384. The molecular weight excluding hydrogens is 226 g/mol. The average Bonchev–Trinajstić information content (AvgIpc) is 3.01. The molecule has 3 rings (SSSR count). The number of aromatic nitrogens is 4. The summed E-state index contributed by atoms with van der Waals surface area (Å²) in [7, 11) is 0. The highest BCUT2D eigenvalue weighted by Gasteiger charge is 2.27. The van der Waals surface area contributed by atoms with Crippen molar-refractivity contribution in [1.82, 2.24) is 24.8 Å². The number of aromatic amines is 1. The zero-order chi connectivity index (χ0) is 12.4. The van der Waals surface area contributed by atoms with Gasteiger partial charge in [-0.3, -0.25) is 14.9 Å². The fourth-order valence-corrected chi connectivity index (χ4v) is 2.57. The molecule has 0 radical (unpaired) electrons. The largest absolute Gasteiger partial charge is 0.348 e. The summed E-state index contributed by atoms with van der Waals surface area (Å²) in [4.78, 5) is 18.5. The van der Waals surface area contributed by atoms with Crippen LogP contribution < -0.4 is 0 Å². The second kappa shape index (κ2) is 4.86. The summed E-state index contributed by atoms with van der Waals surface area (Å²) in [6.07, 6.45) is 9.50. The van der Waals surface area contributed by atoms with Gasteiger partial charge in [-0.15, -0.1) is 0 Å². The van der Waals surface area contributed by atoms with Gasteiger partial charge in [0.15, 0.2) is 0 Å². The monoisotopic (exact) mass is 243 g/mol. The Labute approximate surface area is 106 Å². The maximum atomic E-state index is 4.43. The first-order valence-corrected chi connectivity index (χ1v) is 6.33. The van der Waals surface area contributed by atoms with Gasteiger partial charge in [-0.05, 0) is 26.3 Å². The number of imidazole rings is 1. The van der Waals surface area contributed by atoms with Crippen molar-refractivity contribution in [3.8, 4) is 0 Å². The van der Waals surface area contributed by atoms with Gasteiger partial charge >= 0.3 is 0 Å². The predicted molar refractivity (Wildman–Crippen MR) is 67.7 cm³/mol. The summed E-state index contributed by atoms with van der Waals surface area (Å²) >= 11 is 0. The van der Waals surface area contributed by atoms with E-state index in [1.165, 1.54) is 6.42 Å². The van der Waals surface area contributed by atoms with E-state index >= 15 is 0 Å². The van der Waals surface area contributed by atoms with Crippen molar-refractivity contribution < 1.29 is 0 Å². The molecule has 1 aliphatic rings. The van der Waals surface area contributed by atoms with Crippen molar-refractivity contribution in [2.45, 2.75) is 32.4 Å². The Kier molecular flexibility index (Phi) is 3.06. The van der Waals surface area contributed by atoms with Gasteiger partial charge in [-0.1, -0.05) is 0 Å². The fourth-order valence-electron chi connectivity index (χ4n) is 2.57. The Morgan fingerprint density at radius 2 is 2.33 bits per heavy atom. The second-order valence-electron chi connectivity index (χ2n) is 4.73. The van der Waals surface area contributed by atoms with Crippen molar-refractivity contribution in [2.24, 2.45) is 0 Å². The second-order valence-corrected chi connectivity index (χ2v) is 4.73. The van der Waals surface area contributed by atoms with E-state index in [9.17, 15) is 0 Å². The predicted octanol–water partition coefficient (Wildman–Crippen LogP) is 1.85. The highest BCUT2D eigenvalue weighted by molar-refractivity contribution is 5.11. The van der Waals surface area contributed by atoms with Gasteiger partial charge in [0.2, 0.25) is 0 Å². The topological polar surface area (TPSA) is 57.7 Å². The Bertz CT molecular complexity index is 507. The Balaban J connectivity index is 1.78. The van der Waals surface area contributed by atoms with E-state index in [1.807, 2.05) is 6.20 Å². The molecule has 0 spiro atoms. The molecule has 1 N–H and O–H groups in total. The minimum Gasteiger partial charge on any atom is -0.348 e. The van der Waals surface area contributed by atoms with Crippen LogP contribution in [0.5, 0.6) is 0 Å². The van der Waals surface area contributed by atoms with E-state index in [0.29, 0.717) is 6.04 Å². The third kappa shape index (κ3) is 2.13. The molecule has 94 valence electrons. The van der Waals surface area contributed by atoms with Crippen molar-refractivity contribution in [1.29, 1.82) is 0 Å². The third-order valence-corrected chi connectivity index (χ3v) is 3.58. The van der Waals surface area contributed by atoms with Crippen LogP contribution in [0, 0.1) is 6.92 Å². The van der Waals surface area contributed by atoms with E-state index in [4.69, 9.17) is 0 Å². The van der Waals surface area contributed by atoms with Crippen LogP contribution in [0.3, 0.4) is 0 Å². The minimum absolute atomic E-state index is 0.384. The van der Waals surface area contributed by atoms with Crippen LogP contribution in [0.1, 0.15) is 36.0 Å². The number of hydrogen-bond acceptors (Lipinski definition) is 4. The number of hydrogen-bond donors (Lipinski definition) is 1. The molecule has 2 aromatic heterocycles. The van der Waals surface area contributed by atoms with E-state index in [1.54, 1.807) is 18.7 Å². The maximum Gasteiger partial charge on any atom is 0.0925 e. The highest BCUT2D eigenvalue weighted by atomic mass is 15.2. The van der Waals surface area contributed by atoms with Gasteiger partial charge in [0.25, 0.3) is 0 Å². The van der Waals surface area contributed by atoms with Crippen molar-refractivity contribution in [2.75, 3.05) is 6.54 Å². The van der Waals surface area contributed by atoms with Crippen LogP contribution in [0.2, 0.25) is 0 Å². The van der Waals surface area contributed by atoms with E-state index in [2.05, 4.69) is 31.8 Å². The van der Waals surface area contributed by atoms with Crippen molar-refractivity contribution in [3.63, 3.8) is 0 Å². The molecule has 0 aliphatic carbocycles.